The first-order valence-corrected chi connectivity index (χ1v) is 9.29. The maximum atomic E-state index is 13.9. The molecule has 0 radical (unpaired) electrons. The smallest absolute Gasteiger partial charge is 0.279 e. The molecule has 3 rings (SSSR count). The number of amides is 1. The van der Waals surface area contributed by atoms with Gasteiger partial charge in [0.15, 0.2) is 11.7 Å². The van der Waals surface area contributed by atoms with Gasteiger partial charge in [0.2, 0.25) is 0 Å². The lowest BCUT2D eigenvalue weighted by molar-refractivity contribution is -1.02. The average Bonchev–Trinajstić information content (AvgIpc) is 2.62. The van der Waals surface area contributed by atoms with E-state index in [9.17, 15) is 9.18 Å². The predicted octanol–water partition coefficient (Wildman–Crippen LogP) is 0.450. The summed E-state index contributed by atoms with van der Waals surface area (Å²) in [6.07, 6.45) is 1.58. The number of pyridine rings is 1. The standard InChI is InChI=1S/C18H19Cl2FN4O/c19-14-3-1-4-15(21)13(14)11-24-7-9-25(10-8-24)12-17(26)23-16-5-2-6-22-18(16)20/h1-6H,7-12H2,(H,23,26)/p+2. The van der Waals surface area contributed by atoms with Crippen LogP contribution in [0.1, 0.15) is 5.56 Å². The summed E-state index contributed by atoms with van der Waals surface area (Å²) in [6, 6.07) is 8.23. The van der Waals surface area contributed by atoms with Crippen molar-refractivity contribution in [1.82, 2.24) is 4.98 Å². The summed E-state index contributed by atoms with van der Waals surface area (Å²) in [5, 5.41) is 3.55. The first kappa shape index (κ1) is 19.0. The maximum absolute atomic E-state index is 13.9. The van der Waals surface area contributed by atoms with Gasteiger partial charge in [-0.15, -0.1) is 0 Å². The van der Waals surface area contributed by atoms with Gasteiger partial charge < -0.3 is 15.1 Å². The molecule has 1 fully saturated rings. The molecule has 0 aliphatic carbocycles. The van der Waals surface area contributed by atoms with Gasteiger partial charge in [0, 0.05) is 6.20 Å². The Hall–Kier alpha value is -1.73. The van der Waals surface area contributed by atoms with Crippen molar-refractivity contribution in [3.63, 3.8) is 0 Å². The van der Waals surface area contributed by atoms with E-state index in [0.717, 1.165) is 26.2 Å². The molecule has 1 aliphatic heterocycles. The molecule has 2 aromatic rings. The number of nitrogens with one attached hydrogen (secondary N) is 3. The zero-order chi connectivity index (χ0) is 18.5. The number of carbonyl (C=O) groups excluding carboxylic acids is 1. The molecule has 1 saturated heterocycles. The molecule has 1 aromatic carbocycles. The van der Waals surface area contributed by atoms with E-state index in [1.54, 1.807) is 30.5 Å². The Kier molecular flexibility index (Phi) is 6.43. The zero-order valence-electron chi connectivity index (χ0n) is 14.2. The molecule has 8 heteroatoms. The fraction of sp³-hybridized carbons (Fsp3) is 0.333. The van der Waals surface area contributed by atoms with Crippen LogP contribution in [-0.4, -0.2) is 43.6 Å². The number of halogens is 3. The Labute approximate surface area is 161 Å². The summed E-state index contributed by atoms with van der Waals surface area (Å²) in [4.78, 5) is 18.6. The Morgan fingerprint density at radius 3 is 2.54 bits per heavy atom. The molecule has 2 heterocycles. The monoisotopic (exact) mass is 398 g/mol. The number of carbonyl (C=O) groups is 1. The van der Waals surface area contributed by atoms with Crippen LogP contribution in [0.5, 0.6) is 0 Å². The van der Waals surface area contributed by atoms with Gasteiger partial charge in [0.1, 0.15) is 38.5 Å². The van der Waals surface area contributed by atoms with Crippen LogP contribution in [0.4, 0.5) is 10.1 Å². The molecule has 0 bridgehead atoms. The van der Waals surface area contributed by atoms with Crippen molar-refractivity contribution in [2.24, 2.45) is 0 Å². The number of nitrogens with zero attached hydrogens (tertiary/aromatic N) is 1. The summed E-state index contributed by atoms with van der Waals surface area (Å²) >= 11 is 12.1. The lowest BCUT2D eigenvalue weighted by Gasteiger charge is -2.29. The van der Waals surface area contributed by atoms with Gasteiger partial charge in [-0.3, -0.25) is 4.79 Å². The van der Waals surface area contributed by atoms with Crippen molar-refractivity contribution < 1.29 is 19.0 Å². The van der Waals surface area contributed by atoms with Crippen LogP contribution in [0.25, 0.3) is 0 Å². The summed E-state index contributed by atoms with van der Waals surface area (Å²) in [5.74, 6) is -0.344. The van der Waals surface area contributed by atoms with Crippen molar-refractivity contribution in [3.05, 3.63) is 58.1 Å². The molecule has 5 nitrogen and oxygen atoms in total. The second kappa shape index (κ2) is 8.77. The van der Waals surface area contributed by atoms with E-state index in [2.05, 4.69) is 10.3 Å². The number of aromatic nitrogens is 1. The van der Waals surface area contributed by atoms with Crippen molar-refractivity contribution in [2.45, 2.75) is 6.54 Å². The van der Waals surface area contributed by atoms with Gasteiger partial charge in [-0.05, 0) is 24.3 Å². The number of anilines is 1. The van der Waals surface area contributed by atoms with E-state index >= 15 is 0 Å². The van der Waals surface area contributed by atoms with Crippen molar-refractivity contribution >= 4 is 34.8 Å². The fourth-order valence-electron chi connectivity index (χ4n) is 3.16. The van der Waals surface area contributed by atoms with Gasteiger partial charge in [0.05, 0.1) is 16.3 Å². The molecule has 26 heavy (non-hydrogen) atoms. The number of quaternary nitrogens is 2. The third-order valence-corrected chi connectivity index (χ3v) is 5.25. The Balaban J connectivity index is 1.48. The lowest BCUT2D eigenvalue weighted by Crippen LogP contribution is -3.28. The van der Waals surface area contributed by atoms with Crippen molar-refractivity contribution in [1.29, 1.82) is 0 Å². The fourth-order valence-corrected chi connectivity index (χ4v) is 3.56. The van der Waals surface area contributed by atoms with E-state index in [-0.39, 0.29) is 16.9 Å². The summed E-state index contributed by atoms with van der Waals surface area (Å²) in [7, 11) is 0. The van der Waals surface area contributed by atoms with Crippen LogP contribution in [-0.2, 0) is 11.3 Å². The van der Waals surface area contributed by atoms with Crippen LogP contribution in [0, 0.1) is 5.82 Å². The molecule has 0 saturated carbocycles. The highest BCUT2D eigenvalue weighted by molar-refractivity contribution is 6.32. The third kappa shape index (κ3) is 4.92. The van der Waals surface area contributed by atoms with E-state index in [4.69, 9.17) is 23.2 Å². The van der Waals surface area contributed by atoms with Gasteiger partial charge in [0.25, 0.3) is 5.91 Å². The number of benzene rings is 1. The highest BCUT2D eigenvalue weighted by Gasteiger charge is 2.26. The summed E-state index contributed by atoms with van der Waals surface area (Å²) in [6.45, 7) is 4.35. The van der Waals surface area contributed by atoms with Gasteiger partial charge in [-0.2, -0.15) is 0 Å². The van der Waals surface area contributed by atoms with Crippen LogP contribution in [0.15, 0.2) is 36.5 Å². The molecular weight excluding hydrogens is 378 g/mol. The van der Waals surface area contributed by atoms with Gasteiger partial charge >= 0.3 is 0 Å². The van der Waals surface area contributed by atoms with Crippen molar-refractivity contribution in [3.8, 4) is 0 Å². The van der Waals surface area contributed by atoms with Crippen LogP contribution >= 0.6 is 23.2 Å². The number of piperazine rings is 1. The Morgan fingerprint density at radius 1 is 1.12 bits per heavy atom. The minimum absolute atomic E-state index is 0.0875. The largest absolute Gasteiger partial charge is 0.322 e. The molecule has 1 amide bonds. The summed E-state index contributed by atoms with van der Waals surface area (Å²) in [5.41, 5.74) is 1.09. The van der Waals surface area contributed by atoms with Crippen LogP contribution < -0.4 is 15.1 Å². The molecular formula is C18H21Cl2FN4O+2. The molecule has 0 spiro atoms. The Bertz CT molecular complexity index is 761. The zero-order valence-corrected chi connectivity index (χ0v) is 15.7. The third-order valence-electron chi connectivity index (χ3n) is 4.60. The van der Waals surface area contributed by atoms with Crippen molar-refractivity contribution in [2.75, 3.05) is 38.0 Å². The molecule has 138 valence electrons. The predicted molar refractivity (Wildman–Crippen MR) is 99.3 cm³/mol. The van der Waals surface area contributed by atoms with Gasteiger partial charge in [-0.1, -0.05) is 29.3 Å². The number of hydrogen-bond acceptors (Lipinski definition) is 2. The highest BCUT2D eigenvalue weighted by Crippen LogP contribution is 2.18. The molecule has 3 N–H and O–H groups in total. The van der Waals surface area contributed by atoms with E-state index in [1.807, 2.05) is 0 Å². The number of rotatable bonds is 5. The molecule has 0 atom stereocenters. The Morgan fingerprint density at radius 2 is 1.85 bits per heavy atom. The SMILES string of the molecule is O=C(C[NH+]1CC[NH+](Cc2c(F)cccc2Cl)CC1)Nc1cccnc1Cl. The first-order valence-electron chi connectivity index (χ1n) is 8.53. The second-order valence-corrected chi connectivity index (χ2v) is 7.21. The molecule has 0 unspecified atom stereocenters. The minimum Gasteiger partial charge on any atom is -0.322 e. The van der Waals surface area contributed by atoms with Crippen LogP contribution in [0.3, 0.4) is 0 Å². The number of hydrogen-bond donors (Lipinski definition) is 3. The topological polar surface area (TPSA) is 50.9 Å². The van der Waals surface area contributed by atoms with Crippen LogP contribution in [0.2, 0.25) is 10.2 Å². The average molecular weight is 399 g/mol. The summed E-state index contributed by atoms with van der Waals surface area (Å²) < 4.78 is 13.9. The normalized spacial score (nSPS) is 20.0. The quantitative estimate of drug-likeness (QED) is 0.640. The van der Waals surface area contributed by atoms with E-state index < -0.39 is 0 Å². The first-order chi connectivity index (χ1) is 12.5. The minimum atomic E-state index is -0.257. The highest BCUT2D eigenvalue weighted by atomic mass is 35.5. The lowest BCUT2D eigenvalue weighted by atomic mass is 10.2. The van der Waals surface area contributed by atoms with E-state index in [1.165, 1.54) is 15.9 Å². The second-order valence-electron chi connectivity index (χ2n) is 6.44. The van der Waals surface area contributed by atoms with Gasteiger partial charge in [-0.25, -0.2) is 9.37 Å². The molecule has 1 aliphatic rings. The molecule has 1 aromatic heterocycles. The maximum Gasteiger partial charge on any atom is 0.279 e. The van der Waals surface area contributed by atoms with E-state index in [0.29, 0.717) is 29.4 Å².